The zero-order valence-corrected chi connectivity index (χ0v) is 15.9. The molecule has 2 aromatic carbocycles. The maximum Gasteiger partial charge on any atom is 0.409 e. The topological polar surface area (TPSA) is 32.3 Å². The number of nitrogens with one attached hydrogen (secondary N) is 1. The minimum absolute atomic E-state index is 0.0366. The van der Waals surface area contributed by atoms with Crippen LogP contribution < -0.4 is 5.43 Å². The van der Waals surface area contributed by atoms with Gasteiger partial charge >= 0.3 is 6.18 Å². The maximum atomic E-state index is 14.0. The van der Waals surface area contributed by atoms with Crippen LogP contribution in [0.2, 0.25) is 0 Å². The molecule has 146 valence electrons. The number of carbonyl (C=O) groups excluding carboxylic acids is 1. The summed E-state index contributed by atoms with van der Waals surface area (Å²) in [6, 6.07) is 8.85. The van der Waals surface area contributed by atoms with Crippen molar-refractivity contribution in [2.45, 2.75) is 64.2 Å². The van der Waals surface area contributed by atoms with Crippen molar-refractivity contribution in [2.24, 2.45) is 0 Å². The Morgan fingerprint density at radius 3 is 2.56 bits per heavy atom. The van der Waals surface area contributed by atoms with E-state index in [1.54, 1.807) is 26.0 Å². The van der Waals surface area contributed by atoms with Crippen LogP contribution in [0.5, 0.6) is 0 Å². The van der Waals surface area contributed by atoms with E-state index in [1.807, 2.05) is 18.2 Å². The molecule has 0 spiro atoms. The largest absolute Gasteiger partial charge is 0.409 e. The zero-order chi connectivity index (χ0) is 19.8. The minimum atomic E-state index is -4.51. The monoisotopic (exact) mass is 378 g/mol. The van der Waals surface area contributed by atoms with Crippen LogP contribution >= 0.6 is 0 Å². The molecule has 0 radical (unpaired) electrons. The molecule has 3 rings (SSSR count). The molecule has 2 aromatic rings. The van der Waals surface area contributed by atoms with E-state index in [0.717, 1.165) is 40.6 Å². The predicted molar refractivity (Wildman–Crippen MR) is 100 cm³/mol. The molecule has 3 nitrogen and oxygen atoms in total. The van der Waals surface area contributed by atoms with E-state index >= 15 is 0 Å². The summed E-state index contributed by atoms with van der Waals surface area (Å²) in [7, 11) is 0. The molecule has 1 fully saturated rings. The van der Waals surface area contributed by atoms with Crippen LogP contribution in [0.4, 0.5) is 13.2 Å². The van der Waals surface area contributed by atoms with Crippen LogP contribution in [0.15, 0.2) is 36.4 Å². The number of rotatable bonds is 5. The van der Waals surface area contributed by atoms with Gasteiger partial charge in [-0.05, 0) is 54.7 Å². The van der Waals surface area contributed by atoms with Gasteiger partial charge in [-0.3, -0.25) is 10.2 Å². The molecule has 0 bridgehead atoms. The molecule has 0 saturated carbocycles. The smallest absolute Gasteiger partial charge is 0.287 e. The molecule has 1 saturated heterocycles. The Bertz CT molecular complexity index is 845. The van der Waals surface area contributed by atoms with Gasteiger partial charge in [0.25, 0.3) is 0 Å². The third-order valence-corrected chi connectivity index (χ3v) is 5.17. The van der Waals surface area contributed by atoms with Gasteiger partial charge in [0.15, 0.2) is 6.04 Å². The number of unbranched alkanes of at least 4 members (excludes halogenated alkanes) is 1. The lowest BCUT2D eigenvalue weighted by Crippen LogP contribution is -2.51. The predicted octanol–water partition coefficient (Wildman–Crippen LogP) is 5.30. The molecule has 1 atom stereocenters. The van der Waals surface area contributed by atoms with Crippen molar-refractivity contribution >= 4 is 16.7 Å². The number of hydrogen-bond donors (Lipinski definition) is 1. The lowest BCUT2D eigenvalue weighted by atomic mass is 9.93. The molecule has 0 aromatic heterocycles. The van der Waals surface area contributed by atoms with E-state index in [0.29, 0.717) is 0 Å². The highest BCUT2D eigenvalue weighted by molar-refractivity contribution is 5.86. The van der Waals surface area contributed by atoms with E-state index < -0.39 is 23.7 Å². The van der Waals surface area contributed by atoms with E-state index in [2.05, 4.69) is 12.3 Å². The summed E-state index contributed by atoms with van der Waals surface area (Å²) in [5.74, 6) is -0.390. The van der Waals surface area contributed by atoms with Crippen LogP contribution in [0.1, 0.15) is 57.2 Å². The Labute approximate surface area is 157 Å². The number of halogens is 3. The van der Waals surface area contributed by atoms with Gasteiger partial charge in [-0.2, -0.15) is 18.2 Å². The highest BCUT2D eigenvalue weighted by Crippen LogP contribution is 2.43. The zero-order valence-electron chi connectivity index (χ0n) is 15.9. The number of nitrogens with zero attached hydrogens (tertiary/aromatic N) is 1. The van der Waals surface area contributed by atoms with Crippen molar-refractivity contribution in [1.29, 1.82) is 0 Å². The summed E-state index contributed by atoms with van der Waals surface area (Å²) in [5, 5.41) is 2.84. The fraction of sp³-hybridized carbons (Fsp3) is 0.476. The first kappa shape index (κ1) is 19.7. The Morgan fingerprint density at radius 1 is 1.22 bits per heavy atom. The molecular formula is C21H25F3N2O. The third kappa shape index (κ3) is 3.95. The van der Waals surface area contributed by atoms with Gasteiger partial charge < -0.3 is 0 Å². The second-order valence-corrected chi connectivity index (χ2v) is 7.84. The SMILES string of the molecule is CCCCc1cccc2ccc([C@H](N3NC(=O)CC3(C)C)C(F)(F)F)cc12. The molecule has 0 unspecified atom stereocenters. The summed E-state index contributed by atoms with van der Waals surface area (Å²) >= 11 is 0. The summed E-state index contributed by atoms with van der Waals surface area (Å²) < 4.78 is 42.1. The molecule has 1 N–H and O–H groups in total. The number of fused-ring (bicyclic) bond motifs is 1. The number of hydrogen-bond acceptors (Lipinski definition) is 2. The number of benzene rings is 2. The number of carbonyl (C=O) groups is 1. The van der Waals surface area contributed by atoms with Crippen LogP contribution in [-0.2, 0) is 11.2 Å². The first-order valence-electron chi connectivity index (χ1n) is 9.30. The Hall–Kier alpha value is -2.08. The summed E-state index contributed by atoms with van der Waals surface area (Å²) in [5.41, 5.74) is 2.70. The minimum Gasteiger partial charge on any atom is -0.287 e. The van der Waals surface area contributed by atoms with E-state index in [9.17, 15) is 18.0 Å². The van der Waals surface area contributed by atoms with Crippen LogP contribution in [0.25, 0.3) is 10.8 Å². The highest BCUT2D eigenvalue weighted by Gasteiger charge is 2.52. The summed E-state index contributed by atoms with van der Waals surface area (Å²) in [6.45, 7) is 5.39. The average Bonchev–Trinajstić information content (AvgIpc) is 2.84. The molecule has 0 aliphatic carbocycles. The van der Waals surface area contributed by atoms with E-state index in [1.165, 1.54) is 6.07 Å². The van der Waals surface area contributed by atoms with Crippen molar-refractivity contribution in [3.63, 3.8) is 0 Å². The Morgan fingerprint density at radius 2 is 1.96 bits per heavy atom. The van der Waals surface area contributed by atoms with Crippen molar-refractivity contribution in [3.05, 3.63) is 47.5 Å². The molecule has 1 aliphatic heterocycles. The van der Waals surface area contributed by atoms with Crippen molar-refractivity contribution in [3.8, 4) is 0 Å². The Balaban J connectivity index is 2.10. The molecule has 6 heteroatoms. The quantitative estimate of drug-likeness (QED) is 0.766. The van der Waals surface area contributed by atoms with Gasteiger partial charge in [0, 0.05) is 12.0 Å². The van der Waals surface area contributed by atoms with Crippen molar-refractivity contribution in [2.75, 3.05) is 0 Å². The van der Waals surface area contributed by atoms with E-state index in [4.69, 9.17) is 0 Å². The second kappa shape index (κ2) is 7.15. The van der Waals surface area contributed by atoms with Crippen LogP contribution in [-0.4, -0.2) is 22.6 Å². The Kier molecular flexibility index (Phi) is 5.21. The number of amides is 1. The van der Waals surface area contributed by atoms with Gasteiger partial charge in [0.05, 0.1) is 0 Å². The molecule has 1 aliphatic rings. The fourth-order valence-corrected chi connectivity index (χ4v) is 3.81. The van der Waals surface area contributed by atoms with Gasteiger partial charge in [0.2, 0.25) is 5.91 Å². The summed E-state index contributed by atoms with van der Waals surface area (Å²) in [4.78, 5) is 11.8. The van der Waals surface area contributed by atoms with Gasteiger partial charge in [0.1, 0.15) is 0 Å². The number of alkyl halides is 3. The highest BCUT2D eigenvalue weighted by atomic mass is 19.4. The maximum absolute atomic E-state index is 14.0. The van der Waals surface area contributed by atoms with Gasteiger partial charge in [-0.1, -0.05) is 43.7 Å². The van der Waals surface area contributed by atoms with E-state index in [-0.39, 0.29) is 12.0 Å². The normalized spacial score (nSPS) is 18.7. The lowest BCUT2D eigenvalue weighted by molar-refractivity contribution is -0.203. The summed E-state index contributed by atoms with van der Waals surface area (Å²) in [6.07, 6.45) is -1.63. The van der Waals surface area contributed by atoms with Crippen LogP contribution in [0, 0.1) is 0 Å². The first-order valence-corrected chi connectivity index (χ1v) is 9.30. The molecule has 1 heterocycles. The molecule has 1 amide bonds. The third-order valence-electron chi connectivity index (χ3n) is 5.17. The standard InChI is InChI=1S/C21H25F3N2O/c1-4-5-7-14-8-6-9-15-10-11-16(12-17(14)15)19(21(22,23)24)26-20(2,3)13-18(27)25-26/h6,8-12,19H,4-5,7,13H2,1-3H3,(H,25,27)/t19-/m0/s1. The van der Waals surface area contributed by atoms with Crippen molar-refractivity contribution < 1.29 is 18.0 Å². The lowest BCUT2D eigenvalue weighted by Gasteiger charge is -2.38. The van der Waals surface area contributed by atoms with Crippen molar-refractivity contribution in [1.82, 2.24) is 10.4 Å². The van der Waals surface area contributed by atoms with Crippen LogP contribution in [0.3, 0.4) is 0 Å². The fourth-order valence-electron chi connectivity index (χ4n) is 3.81. The molecular weight excluding hydrogens is 353 g/mol. The number of aryl methyl sites for hydroxylation is 1. The second-order valence-electron chi connectivity index (χ2n) is 7.84. The van der Waals surface area contributed by atoms with Gasteiger partial charge in [-0.15, -0.1) is 0 Å². The number of hydrazine groups is 1. The first-order chi connectivity index (χ1) is 12.6. The average molecular weight is 378 g/mol. The van der Waals surface area contributed by atoms with Gasteiger partial charge in [-0.25, -0.2) is 0 Å². The molecule has 27 heavy (non-hydrogen) atoms.